The van der Waals surface area contributed by atoms with Crippen molar-refractivity contribution in [1.29, 1.82) is 0 Å². The first-order valence-corrected chi connectivity index (χ1v) is 5.13. The Morgan fingerprint density at radius 2 is 1.28 bits per heavy atom. The zero-order valence-corrected chi connectivity index (χ0v) is 9.42. The molecular weight excluding hydrogens is 246 g/mol. The van der Waals surface area contributed by atoms with Gasteiger partial charge in [0, 0.05) is 24.9 Å². The molecule has 0 aliphatic rings. The van der Waals surface area contributed by atoms with Crippen molar-refractivity contribution in [2.24, 2.45) is 0 Å². The molecule has 0 unspecified atom stereocenters. The highest BCUT2D eigenvalue weighted by Crippen LogP contribution is 2.29. The predicted molar refractivity (Wildman–Crippen MR) is 60.8 cm³/mol. The monoisotopic (exact) mass is 255 g/mol. The fourth-order valence-electron chi connectivity index (χ4n) is 1.65. The Hall–Kier alpha value is -2.04. The Balaban J connectivity index is 2.46. The quantitative estimate of drug-likeness (QED) is 0.733. The molecule has 0 spiro atoms. The van der Waals surface area contributed by atoms with Gasteiger partial charge in [0.1, 0.15) is 17.3 Å². The van der Waals surface area contributed by atoms with Gasteiger partial charge in [0.2, 0.25) is 0 Å². The van der Waals surface area contributed by atoms with Gasteiger partial charge in [-0.2, -0.15) is 0 Å². The van der Waals surface area contributed by atoms with E-state index in [0.29, 0.717) is 17.8 Å². The van der Waals surface area contributed by atoms with Gasteiger partial charge in [-0.15, -0.1) is 0 Å². The molecule has 0 radical (unpaired) electrons. The molecule has 0 saturated heterocycles. The second kappa shape index (κ2) is 4.68. The molecule has 18 heavy (non-hydrogen) atoms. The highest BCUT2D eigenvalue weighted by Gasteiger charge is 2.16. The molecule has 2 aromatic rings. The van der Waals surface area contributed by atoms with E-state index in [4.69, 9.17) is 0 Å². The van der Waals surface area contributed by atoms with Crippen molar-refractivity contribution in [3.8, 4) is 0 Å². The van der Waals surface area contributed by atoms with Crippen LogP contribution in [-0.2, 0) is 0 Å². The van der Waals surface area contributed by atoms with Crippen molar-refractivity contribution in [3.05, 3.63) is 59.7 Å². The first kappa shape index (κ1) is 12.4. The van der Waals surface area contributed by atoms with Gasteiger partial charge >= 0.3 is 0 Å². The Bertz CT molecular complexity index is 543. The normalized spacial score (nSPS) is 10.5. The van der Waals surface area contributed by atoms with E-state index < -0.39 is 23.3 Å². The average molecular weight is 255 g/mol. The average Bonchev–Trinajstić information content (AvgIpc) is 2.28. The van der Waals surface area contributed by atoms with Gasteiger partial charge in [-0.1, -0.05) is 0 Å². The second-order valence-electron chi connectivity index (χ2n) is 3.75. The maximum Gasteiger partial charge on any atom is 0.152 e. The lowest BCUT2D eigenvalue weighted by molar-refractivity contribution is 0.544. The van der Waals surface area contributed by atoms with Crippen LogP contribution in [0.25, 0.3) is 0 Å². The number of nitrogens with zero attached hydrogens (tertiary/aromatic N) is 1. The summed E-state index contributed by atoms with van der Waals surface area (Å²) in [5.41, 5.74) is 0.00353. The first-order valence-electron chi connectivity index (χ1n) is 5.13. The minimum atomic E-state index is -1.01. The molecule has 5 heteroatoms. The number of benzene rings is 2. The van der Waals surface area contributed by atoms with Crippen molar-refractivity contribution >= 4 is 11.4 Å². The van der Waals surface area contributed by atoms with E-state index in [1.165, 1.54) is 36.2 Å². The van der Waals surface area contributed by atoms with Crippen LogP contribution in [-0.4, -0.2) is 7.05 Å². The van der Waals surface area contributed by atoms with Gasteiger partial charge in [-0.3, -0.25) is 0 Å². The Morgan fingerprint density at radius 1 is 0.778 bits per heavy atom. The third kappa shape index (κ3) is 2.30. The SMILES string of the molecule is CN(c1ccc(F)cc1)c1c(F)cc(F)cc1F. The molecule has 0 fully saturated rings. The van der Waals surface area contributed by atoms with Crippen LogP contribution < -0.4 is 4.90 Å². The van der Waals surface area contributed by atoms with Crippen molar-refractivity contribution < 1.29 is 17.6 Å². The summed E-state index contributed by atoms with van der Waals surface area (Å²) in [7, 11) is 1.41. The highest BCUT2D eigenvalue weighted by atomic mass is 19.1. The van der Waals surface area contributed by atoms with E-state index in [0.717, 1.165) is 0 Å². The zero-order chi connectivity index (χ0) is 13.3. The lowest BCUT2D eigenvalue weighted by Crippen LogP contribution is -2.13. The van der Waals surface area contributed by atoms with Crippen molar-refractivity contribution in [2.45, 2.75) is 0 Å². The molecule has 0 saturated carbocycles. The van der Waals surface area contributed by atoms with Gasteiger partial charge in [-0.25, -0.2) is 17.6 Å². The van der Waals surface area contributed by atoms with Crippen LogP contribution in [0.2, 0.25) is 0 Å². The fraction of sp³-hybridized carbons (Fsp3) is 0.0769. The summed E-state index contributed by atoms with van der Waals surface area (Å²) in [5, 5.41) is 0. The zero-order valence-electron chi connectivity index (χ0n) is 9.42. The molecule has 0 aromatic heterocycles. The molecule has 1 nitrogen and oxygen atoms in total. The number of rotatable bonds is 2. The molecule has 0 heterocycles. The topological polar surface area (TPSA) is 3.24 Å². The number of hydrogen-bond acceptors (Lipinski definition) is 1. The summed E-state index contributed by atoms with van der Waals surface area (Å²) < 4.78 is 52.6. The van der Waals surface area contributed by atoms with Crippen LogP contribution in [0.4, 0.5) is 28.9 Å². The third-order valence-corrected chi connectivity index (χ3v) is 2.53. The first-order chi connectivity index (χ1) is 8.49. The largest absolute Gasteiger partial charge is 0.340 e. The molecular formula is C13H9F4N. The molecule has 94 valence electrons. The van der Waals surface area contributed by atoms with E-state index >= 15 is 0 Å². The van der Waals surface area contributed by atoms with Crippen molar-refractivity contribution in [1.82, 2.24) is 0 Å². The van der Waals surface area contributed by atoms with Gasteiger partial charge < -0.3 is 4.90 Å². The van der Waals surface area contributed by atoms with Crippen molar-refractivity contribution in [3.63, 3.8) is 0 Å². The number of halogens is 4. The third-order valence-electron chi connectivity index (χ3n) is 2.53. The van der Waals surface area contributed by atoms with E-state index in [-0.39, 0.29) is 5.69 Å². The molecule has 0 aliphatic heterocycles. The van der Waals surface area contributed by atoms with Crippen LogP contribution in [0.15, 0.2) is 36.4 Å². The number of hydrogen-bond donors (Lipinski definition) is 0. The minimum Gasteiger partial charge on any atom is -0.340 e. The Kier molecular flexibility index (Phi) is 3.23. The van der Waals surface area contributed by atoms with E-state index in [2.05, 4.69) is 0 Å². The van der Waals surface area contributed by atoms with E-state index in [1.54, 1.807) is 0 Å². The van der Waals surface area contributed by atoms with E-state index in [1.807, 2.05) is 0 Å². The summed E-state index contributed by atoms with van der Waals surface area (Å²) in [6.07, 6.45) is 0. The van der Waals surface area contributed by atoms with E-state index in [9.17, 15) is 17.6 Å². The maximum atomic E-state index is 13.5. The summed E-state index contributed by atoms with van der Waals surface area (Å²) in [6, 6.07) is 6.28. The summed E-state index contributed by atoms with van der Waals surface area (Å²) in [6.45, 7) is 0. The summed E-state index contributed by atoms with van der Waals surface area (Å²) >= 11 is 0. The summed E-state index contributed by atoms with van der Waals surface area (Å²) in [5.74, 6) is -3.47. The minimum absolute atomic E-state index is 0.386. The Morgan fingerprint density at radius 3 is 1.78 bits per heavy atom. The van der Waals surface area contributed by atoms with Gasteiger partial charge in [0.25, 0.3) is 0 Å². The molecule has 0 amide bonds. The molecule has 0 N–H and O–H groups in total. The van der Waals surface area contributed by atoms with Crippen LogP contribution >= 0.6 is 0 Å². The van der Waals surface area contributed by atoms with Crippen LogP contribution in [0, 0.1) is 23.3 Å². The van der Waals surface area contributed by atoms with Crippen LogP contribution in [0.1, 0.15) is 0 Å². The molecule has 0 aliphatic carbocycles. The predicted octanol–water partition coefficient (Wildman–Crippen LogP) is 4.01. The molecule has 2 aromatic carbocycles. The molecule has 0 atom stereocenters. The van der Waals surface area contributed by atoms with Gasteiger partial charge in [-0.05, 0) is 24.3 Å². The lowest BCUT2D eigenvalue weighted by Gasteiger charge is -2.20. The van der Waals surface area contributed by atoms with Gasteiger partial charge in [0.15, 0.2) is 11.6 Å². The maximum absolute atomic E-state index is 13.5. The lowest BCUT2D eigenvalue weighted by atomic mass is 10.2. The standard InChI is InChI=1S/C13H9F4N/c1-18(10-4-2-8(14)3-5-10)13-11(16)6-9(15)7-12(13)17/h2-7H,1H3. The fourth-order valence-corrected chi connectivity index (χ4v) is 1.65. The van der Waals surface area contributed by atoms with Crippen LogP contribution in [0.5, 0.6) is 0 Å². The molecule has 2 rings (SSSR count). The smallest absolute Gasteiger partial charge is 0.152 e. The van der Waals surface area contributed by atoms with Crippen molar-refractivity contribution in [2.75, 3.05) is 11.9 Å². The second-order valence-corrected chi connectivity index (χ2v) is 3.75. The van der Waals surface area contributed by atoms with Crippen LogP contribution in [0.3, 0.4) is 0 Å². The van der Waals surface area contributed by atoms with Gasteiger partial charge in [0.05, 0.1) is 0 Å². The number of anilines is 2. The summed E-state index contributed by atoms with van der Waals surface area (Å²) in [4.78, 5) is 1.18. The Labute approximate surface area is 101 Å². The molecule has 0 bridgehead atoms. The highest BCUT2D eigenvalue weighted by molar-refractivity contribution is 5.63.